The molecule has 0 aliphatic carbocycles. The molecule has 3 nitrogen and oxygen atoms in total. The highest BCUT2D eigenvalue weighted by molar-refractivity contribution is 6.67. The molecule has 0 rings (SSSR count). The number of nitrogens with two attached hydrogens (primary N) is 1. The van der Waals surface area contributed by atoms with E-state index in [4.69, 9.17) is 45.6 Å². The molecule has 0 fully saturated rings. The Morgan fingerprint density at radius 1 is 1.55 bits per heavy atom. The summed E-state index contributed by atoms with van der Waals surface area (Å²) in [5, 5.41) is 9.00. The summed E-state index contributed by atoms with van der Waals surface area (Å²) in [5.41, 5.74) is 4.78. The molecular weight excluding hydrogens is 212 g/mol. The van der Waals surface area contributed by atoms with Gasteiger partial charge in [-0.05, 0) is 0 Å². The fourth-order valence-corrected chi connectivity index (χ4v) is 1.11. The zero-order valence-electron chi connectivity index (χ0n) is 5.56. The molecule has 1 unspecified atom stereocenters. The molecule has 1 atom stereocenters. The number of alkyl halides is 3. The van der Waals surface area contributed by atoms with Crippen LogP contribution in [-0.2, 0) is 4.79 Å². The largest absolute Gasteiger partial charge is 0.392 e. The zero-order chi connectivity index (χ0) is 9.07. The summed E-state index contributed by atoms with van der Waals surface area (Å²) in [6.07, 6.45) is -1.27. The van der Waals surface area contributed by atoms with E-state index in [2.05, 4.69) is 0 Å². The summed E-state index contributed by atoms with van der Waals surface area (Å²) in [7, 11) is 0. The quantitative estimate of drug-likeness (QED) is 0.697. The smallest absolute Gasteiger partial charge is 0.220 e. The van der Waals surface area contributed by atoms with E-state index in [0.29, 0.717) is 0 Å². The lowest BCUT2D eigenvalue weighted by Gasteiger charge is -2.14. The molecular formula is C5H8Cl3NO2. The van der Waals surface area contributed by atoms with E-state index in [1.807, 2.05) is 0 Å². The summed E-state index contributed by atoms with van der Waals surface area (Å²) in [4.78, 5) is 10.2. The van der Waals surface area contributed by atoms with Gasteiger partial charge in [-0.15, -0.1) is 0 Å². The second-order valence-corrected chi connectivity index (χ2v) is 4.66. The highest BCUT2D eigenvalue weighted by atomic mass is 35.6. The number of hydrogen-bond acceptors (Lipinski definition) is 2. The van der Waals surface area contributed by atoms with Crippen molar-refractivity contribution in [2.75, 3.05) is 0 Å². The number of amides is 1. The molecule has 0 radical (unpaired) electrons. The van der Waals surface area contributed by atoms with Crippen LogP contribution < -0.4 is 5.73 Å². The Hall–Kier alpha value is 0.300. The van der Waals surface area contributed by atoms with Crippen LogP contribution in [0, 0.1) is 0 Å². The first-order valence-corrected chi connectivity index (χ1v) is 3.98. The molecule has 1 amide bonds. The van der Waals surface area contributed by atoms with Crippen LogP contribution in [0.5, 0.6) is 0 Å². The summed E-state index contributed by atoms with van der Waals surface area (Å²) < 4.78 is -1.53. The fraction of sp³-hybridized carbons (Fsp3) is 0.800. The third-order valence-electron chi connectivity index (χ3n) is 0.904. The Morgan fingerprint density at radius 3 is 2.27 bits per heavy atom. The molecule has 6 heteroatoms. The average molecular weight is 220 g/mol. The molecule has 0 aliphatic rings. The van der Waals surface area contributed by atoms with E-state index >= 15 is 0 Å². The Balaban J connectivity index is 3.69. The summed E-state index contributed by atoms with van der Waals surface area (Å²) in [6.45, 7) is 0. The first kappa shape index (κ1) is 11.3. The van der Waals surface area contributed by atoms with Gasteiger partial charge in [0.15, 0.2) is 3.79 Å². The van der Waals surface area contributed by atoms with Gasteiger partial charge in [0.25, 0.3) is 0 Å². The van der Waals surface area contributed by atoms with Crippen molar-refractivity contribution < 1.29 is 9.90 Å². The number of hydrogen-bond donors (Lipinski definition) is 2. The predicted octanol–water partition coefficient (Wildman–Crippen LogP) is 0.983. The zero-order valence-corrected chi connectivity index (χ0v) is 7.83. The van der Waals surface area contributed by atoms with E-state index < -0.39 is 15.8 Å². The van der Waals surface area contributed by atoms with Crippen molar-refractivity contribution in [2.45, 2.75) is 22.7 Å². The highest BCUT2D eigenvalue weighted by Crippen LogP contribution is 2.31. The fourth-order valence-electron chi connectivity index (χ4n) is 0.572. The topological polar surface area (TPSA) is 63.3 Å². The lowest BCUT2D eigenvalue weighted by atomic mass is 10.2. The monoisotopic (exact) mass is 219 g/mol. The van der Waals surface area contributed by atoms with Crippen molar-refractivity contribution in [1.82, 2.24) is 0 Å². The Kier molecular flexibility index (Phi) is 4.48. The molecule has 3 N–H and O–H groups in total. The first-order chi connectivity index (χ1) is 4.81. The normalized spacial score (nSPS) is 14.5. The maximum atomic E-state index is 10.2. The van der Waals surface area contributed by atoms with Crippen molar-refractivity contribution in [1.29, 1.82) is 0 Å². The number of primary amides is 1. The third-order valence-corrected chi connectivity index (χ3v) is 1.37. The van der Waals surface area contributed by atoms with Crippen LogP contribution in [-0.4, -0.2) is 20.9 Å². The number of carbonyl (C=O) groups excluding carboxylic acids is 1. The van der Waals surface area contributed by atoms with E-state index in [0.717, 1.165) is 0 Å². The van der Waals surface area contributed by atoms with Crippen molar-refractivity contribution in [3.63, 3.8) is 0 Å². The molecule has 0 aromatic carbocycles. The first-order valence-electron chi connectivity index (χ1n) is 2.84. The van der Waals surface area contributed by atoms with E-state index in [9.17, 15) is 4.79 Å². The van der Waals surface area contributed by atoms with E-state index in [-0.39, 0.29) is 12.8 Å². The lowest BCUT2D eigenvalue weighted by molar-refractivity contribution is -0.119. The Bertz CT molecular complexity index is 145. The number of halogens is 3. The third kappa shape index (κ3) is 8.20. The standard InChI is InChI=1S/C5H8Cl3NO2/c6-5(7,8)2-3(10)1-4(9)11/h3,10H,1-2H2,(H2,9,11). The lowest BCUT2D eigenvalue weighted by Crippen LogP contribution is -2.23. The molecule has 66 valence electrons. The van der Waals surface area contributed by atoms with Crippen molar-refractivity contribution in [3.05, 3.63) is 0 Å². The molecule has 0 bridgehead atoms. The Labute approximate surface area is 79.4 Å². The van der Waals surface area contributed by atoms with Gasteiger partial charge in [0.05, 0.1) is 12.5 Å². The second kappa shape index (κ2) is 4.36. The van der Waals surface area contributed by atoms with Crippen molar-refractivity contribution in [3.8, 4) is 0 Å². The predicted molar refractivity (Wildman–Crippen MR) is 44.7 cm³/mol. The van der Waals surface area contributed by atoms with Crippen LogP contribution in [0.25, 0.3) is 0 Å². The maximum Gasteiger partial charge on any atom is 0.220 e. The van der Waals surface area contributed by atoms with Crippen molar-refractivity contribution >= 4 is 40.7 Å². The van der Waals surface area contributed by atoms with Gasteiger partial charge in [-0.2, -0.15) is 0 Å². The highest BCUT2D eigenvalue weighted by Gasteiger charge is 2.24. The second-order valence-electron chi connectivity index (χ2n) is 2.14. The van der Waals surface area contributed by atoms with E-state index in [1.165, 1.54) is 0 Å². The van der Waals surface area contributed by atoms with Gasteiger partial charge >= 0.3 is 0 Å². The summed E-state index contributed by atoms with van der Waals surface area (Å²) in [6, 6.07) is 0. The van der Waals surface area contributed by atoms with Gasteiger partial charge in [-0.3, -0.25) is 4.79 Å². The molecule has 0 aliphatic heterocycles. The van der Waals surface area contributed by atoms with Crippen LogP contribution in [0.1, 0.15) is 12.8 Å². The molecule has 0 heterocycles. The molecule has 0 aromatic heterocycles. The molecule has 0 saturated carbocycles. The van der Waals surface area contributed by atoms with Crippen LogP contribution in [0.3, 0.4) is 0 Å². The van der Waals surface area contributed by atoms with Crippen molar-refractivity contribution in [2.24, 2.45) is 5.73 Å². The summed E-state index contributed by atoms with van der Waals surface area (Å²) >= 11 is 16.0. The van der Waals surface area contributed by atoms with Gasteiger partial charge in [-0.25, -0.2) is 0 Å². The number of aliphatic hydroxyl groups excluding tert-OH is 1. The van der Waals surface area contributed by atoms with Crippen LogP contribution in [0.15, 0.2) is 0 Å². The molecule has 0 saturated heterocycles. The van der Waals surface area contributed by atoms with E-state index in [1.54, 1.807) is 0 Å². The van der Waals surface area contributed by atoms with Gasteiger partial charge in [0, 0.05) is 6.42 Å². The minimum absolute atomic E-state index is 0.0966. The van der Waals surface area contributed by atoms with Gasteiger partial charge < -0.3 is 10.8 Å². The van der Waals surface area contributed by atoms with Gasteiger partial charge in [0.2, 0.25) is 5.91 Å². The SMILES string of the molecule is NC(=O)CC(O)CC(Cl)(Cl)Cl. The molecule has 11 heavy (non-hydrogen) atoms. The number of carbonyl (C=O) groups is 1. The average Bonchev–Trinajstić information content (AvgIpc) is 1.53. The minimum Gasteiger partial charge on any atom is -0.392 e. The summed E-state index contributed by atoms with van der Waals surface area (Å²) in [5.74, 6) is -0.619. The Morgan fingerprint density at radius 2 is 2.00 bits per heavy atom. The van der Waals surface area contributed by atoms with Gasteiger partial charge in [-0.1, -0.05) is 34.8 Å². The molecule has 0 aromatic rings. The number of rotatable bonds is 3. The van der Waals surface area contributed by atoms with Crippen LogP contribution >= 0.6 is 34.8 Å². The van der Waals surface area contributed by atoms with Crippen LogP contribution in [0.4, 0.5) is 0 Å². The molecule has 0 spiro atoms. The number of aliphatic hydroxyl groups is 1. The van der Waals surface area contributed by atoms with Gasteiger partial charge in [0.1, 0.15) is 0 Å². The van der Waals surface area contributed by atoms with Crippen LogP contribution in [0.2, 0.25) is 0 Å². The minimum atomic E-state index is -1.53. The maximum absolute atomic E-state index is 10.2.